The first-order valence-corrected chi connectivity index (χ1v) is 9.41. The summed E-state index contributed by atoms with van der Waals surface area (Å²) in [6, 6.07) is 4.24. The SMILES string of the molecule is C[C@H](NC(=O)[C@H]1CCCN1C(=O)c1cc(Cl)ccc1Cl)[C@H]1CCCO1. The van der Waals surface area contributed by atoms with Crippen LogP contribution >= 0.6 is 23.2 Å². The molecule has 0 aromatic heterocycles. The molecule has 2 saturated heterocycles. The Balaban J connectivity index is 1.70. The molecule has 2 heterocycles. The number of nitrogens with zero attached hydrogens (tertiary/aromatic N) is 1. The predicted molar refractivity (Wildman–Crippen MR) is 97.1 cm³/mol. The molecule has 2 aliphatic rings. The second-order valence-electron chi connectivity index (χ2n) is 6.63. The third-order valence-electron chi connectivity index (χ3n) is 4.87. The Kier molecular flexibility index (Phi) is 5.87. The molecule has 136 valence electrons. The first-order valence-electron chi connectivity index (χ1n) is 8.65. The van der Waals surface area contributed by atoms with Crippen molar-refractivity contribution in [3.8, 4) is 0 Å². The summed E-state index contributed by atoms with van der Waals surface area (Å²) < 4.78 is 5.62. The number of hydrogen-bond donors (Lipinski definition) is 1. The van der Waals surface area contributed by atoms with Crippen molar-refractivity contribution < 1.29 is 14.3 Å². The standard InChI is InChI=1S/C18H22Cl2N2O3/c1-11(16-5-3-9-25-16)21-17(23)15-4-2-8-22(15)18(24)13-10-12(19)6-7-14(13)20/h6-7,10-11,15-16H,2-5,8-9H2,1H3,(H,21,23)/t11-,15+,16+/m0/s1. The minimum absolute atomic E-state index is 0.0527. The molecule has 1 aromatic rings. The van der Waals surface area contributed by atoms with Crippen molar-refractivity contribution in [3.63, 3.8) is 0 Å². The zero-order chi connectivity index (χ0) is 18.0. The Hall–Kier alpha value is -1.30. The van der Waals surface area contributed by atoms with Crippen molar-refractivity contribution in [1.82, 2.24) is 10.2 Å². The number of halogens is 2. The van der Waals surface area contributed by atoms with Gasteiger partial charge in [-0.3, -0.25) is 9.59 Å². The van der Waals surface area contributed by atoms with E-state index in [2.05, 4.69) is 5.32 Å². The number of hydrogen-bond acceptors (Lipinski definition) is 3. The summed E-state index contributed by atoms with van der Waals surface area (Å²) in [5, 5.41) is 3.79. The fraction of sp³-hybridized carbons (Fsp3) is 0.556. The van der Waals surface area contributed by atoms with E-state index < -0.39 is 6.04 Å². The molecule has 0 aliphatic carbocycles. The molecule has 1 aromatic carbocycles. The summed E-state index contributed by atoms with van der Waals surface area (Å²) >= 11 is 12.1. The number of ether oxygens (including phenoxy) is 1. The average molecular weight is 385 g/mol. The van der Waals surface area contributed by atoms with Gasteiger partial charge >= 0.3 is 0 Å². The molecule has 5 nitrogen and oxygen atoms in total. The topological polar surface area (TPSA) is 58.6 Å². The van der Waals surface area contributed by atoms with Crippen molar-refractivity contribution in [2.45, 2.75) is 50.8 Å². The quantitative estimate of drug-likeness (QED) is 0.866. The molecule has 0 unspecified atom stereocenters. The average Bonchev–Trinajstić information content (AvgIpc) is 3.27. The van der Waals surface area contributed by atoms with Gasteiger partial charge in [0.1, 0.15) is 6.04 Å². The second-order valence-corrected chi connectivity index (χ2v) is 7.47. The van der Waals surface area contributed by atoms with E-state index in [-0.39, 0.29) is 24.0 Å². The zero-order valence-electron chi connectivity index (χ0n) is 14.1. The molecule has 0 radical (unpaired) electrons. The van der Waals surface area contributed by atoms with E-state index in [4.69, 9.17) is 27.9 Å². The molecular weight excluding hydrogens is 363 g/mol. The molecule has 1 N–H and O–H groups in total. The van der Waals surface area contributed by atoms with Crippen LogP contribution in [0.3, 0.4) is 0 Å². The molecule has 7 heteroatoms. The van der Waals surface area contributed by atoms with Crippen molar-refractivity contribution in [2.24, 2.45) is 0 Å². The van der Waals surface area contributed by atoms with Crippen LogP contribution in [0.1, 0.15) is 43.0 Å². The Bertz CT molecular complexity index is 662. The van der Waals surface area contributed by atoms with E-state index in [0.29, 0.717) is 28.6 Å². The van der Waals surface area contributed by atoms with Gasteiger partial charge in [-0.1, -0.05) is 23.2 Å². The first-order chi connectivity index (χ1) is 12.0. The van der Waals surface area contributed by atoms with Crippen LogP contribution in [-0.2, 0) is 9.53 Å². The minimum Gasteiger partial charge on any atom is -0.376 e. The zero-order valence-corrected chi connectivity index (χ0v) is 15.6. The van der Waals surface area contributed by atoms with Gasteiger partial charge in [-0.2, -0.15) is 0 Å². The van der Waals surface area contributed by atoms with E-state index in [1.165, 1.54) is 0 Å². The van der Waals surface area contributed by atoms with Crippen LogP contribution in [0, 0.1) is 0 Å². The normalized spacial score (nSPS) is 24.4. The van der Waals surface area contributed by atoms with Crippen LogP contribution in [0.5, 0.6) is 0 Å². The van der Waals surface area contributed by atoms with Crippen LogP contribution in [0.15, 0.2) is 18.2 Å². The van der Waals surface area contributed by atoms with Gasteiger partial charge in [0.2, 0.25) is 5.91 Å². The number of nitrogens with one attached hydrogen (secondary N) is 1. The van der Waals surface area contributed by atoms with Crippen LogP contribution < -0.4 is 5.32 Å². The number of carbonyl (C=O) groups excluding carboxylic acids is 2. The third kappa shape index (κ3) is 4.10. The molecular formula is C18H22Cl2N2O3. The minimum atomic E-state index is -0.480. The van der Waals surface area contributed by atoms with E-state index in [1.807, 2.05) is 6.92 Å². The lowest BCUT2D eigenvalue weighted by Crippen LogP contribution is -2.50. The number of amides is 2. The molecule has 0 spiro atoms. The van der Waals surface area contributed by atoms with Gasteiger partial charge in [0.15, 0.2) is 0 Å². The Labute approximate surface area is 157 Å². The van der Waals surface area contributed by atoms with Gasteiger partial charge in [-0.15, -0.1) is 0 Å². The molecule has 2 fully saturated rings. The highest BCUT2D eigenvalue weighted by atomic mass is 35.5. The van der Waals surface area contributed by atoms with Gasteiger partial charge in [0.25, 0.3) is 5.91 Å². The molecule has 3 rings (SSSR count). The highest BCUT2D eigenvalue weighted by Crippen LogP contribution is 2.26. The lowest BCUT2D eigenvalue weighted by atomic mass is 10.1. The highest BCUT2D eigenvalue weighted by Gasteiger charge is 2.36. The summed E-state index contributed by atoms with van der Waals surface area (Å²) in [4.78, 5) is 27.1. The summed E-state index contributed by atoms with van der Waals surface area (Å²) in [6.07, 6.45) is 3.46. The molecule has 2 aliphatic heterocycles. The largest absolute Gasteiger partial charge is 0.376 e. The summed E-state index contributed by atoms with van der Waals surface area (Å²) in [6.45, 7) is 3.23. The van der Waals surface area contributed by atoms with Crippen molar-refractivity contribution in [2.75, 3.05) is 13.2 Å². The highest BCUT2D eigenvalue weighted by molar-refractivity contribution is 6.35. The Morgan fingerprint density at radius 1 is 1.28 bits per heavy atom. The second kappa shape index (κ2) is 7.94. The van der Waals surface area contributed by atoms with E-state index in [1.54, 1.807) is 23.1 Å². The summed E-state index contributed by atoms with van der Waals surface area (Å²) in [7, 11) is 0. The van der Waals surface area contributed by atoms with E-state index in [9.17, 15) is 9.59 Å². The van der Waals surface area contributed by atoms with Gasteiger partial charge in [-0.05, 0) is 50.8 Å². The number of benzene rings is 1. The van der Waals surface area contributed by atoms with E-state index in [0.717, 1.165) is 25.9 Å². The molecule has 25 heavy (non-hydrogen) atoms. The maximum absolute atomic E-state index is 12.9. The summed E-state index contributed by atoms with van der Waals surface area (Å²) in [5.41, 5.74) is 0.334. The number of carbonyl (C=O) groups is 2. The van der Waals surface area contributed by atoms with Crippen LogP contribution in [-0.4, -0.2) is 48.1 Å². The van der Waals surface area contributed by atoms with Gasteiger partial charge in [-0.25, -0.2) is 0 Å². The van der Waals surface area contributed by atoms with Crippen LogP contribution in [0.4, 0.5) is 0 Å². The first kappa shape index (κ1) is 18.5. The van der Waals surface area contributed by atoms with Gasteiger partial charge < -0.3 is 15.0 Å². The maximum atomic E-state index is 12.9. The Morgan fingerprint density at radius 2 is 2.08 bits per heavy atom. The smallest absolute Gasteiger partial charge is 0.256 e. The van der Waals surface area contributed by atoms with E-state index >= 15 is 0 Å². The molecule has 2 amide bonds. The fourth-order valence-corrected chi connectivity index (χ4v) is 3.88. The molecule has 0 saturated carbocycles. The maximum Gasteiger partial charge on any atom is 0.256 e. The Morgan fingerprint density at radius 3 is 2.80 bits per heavy atom. The van der Waals surface area contributed by atoms with Crippen LogP contribution in [0.2, 0.25) is 10.0 Å². The lowest BCUT2D eigenvalue weighted by Gasteiger charge is -2.27. The molecule has 3 atom stereocenters. The molecule has 0 bridgehead atoms. The van der Waals surface area contributed by atoms with Crippen molar-refractivity contribution in [1.29, 1.82) is 0 Å². The van der Waals surface area contributed by atoms with Gasteiger partial charge in [0, 0.05) is 18.2 Å². The number of likely N-dealkylation sites (tertiary alicyclic amines) is 1. The fourth-order valence-electron chi connectivity index (χ4n) is 3.51. The predicted octanol–water partition coefficient (Wildman–Crippen LogP) is 3.28. The third-order valence-corrected chi connectivity index (χ3v) is 5.43. The lowest BCUT2D eigenvalue weighted by molar-refractivity contribution is -0.126. The van der Waals surface area contributed by atoms with Crippen LogP contribution in [0.25, 0.3) is 0 Å². The number of rotatable bonds is 4. The monoisotopic (exact) mass is 384 g/mol. The van der Waals surface area contributed by atoms with Crippen molar-refractivity contribution in [3.05, 3.63) is 33.8 Å². The van der Waals surface area contributed by atoms with Crippen molar-refractivity contribution >= 4 is 35.0 Å². The summed E-state index contributed by atoms with van der Waals surface area (Å²) in [5.74, 6) is -0.387. The van der Waals surface area contributed by atoms with Gasteiger partial charge in [0.05, 0.1) is 22.7 Å².